The Balaban J connectivity index is 1.96. The first-order valence-electron chi connectivity index (χ1n) is 10.9. The molecule has 0 amide bonds. The Bertz CT molecular complexity index is 633. The maximum Gasteiger partial charge on any atom is 0.294 e. The van der Waals surface area contributed by atoms with Crippen molar-refractivity contribution in [1.29, 1.82) is 0 Å². The molecule has 1 aromatic carbocycles. The molecule has 1 aromatic rings. The van der Waals surface area contributed by atoms with Gasteiger partial charge in [-0.1, -0.05) is 90.4 Å². The molecule has 0 fully saturated rings. The van der Waals surface area contributed by atoms with Crippen molar-refractivity contribution >= 4 is 27.6 Å². The third-order valence-electron chi connectivity index (χ3n) is 5.03. The van der Waals surface area contributed by atoms with E-state index in [9.17, 15) is 8.42 Å². The molecule has 0 heterocycles. The summed E-state index contributed by atoms with van der Waals surface area (Å²) in [5, 5.41) is 0. The molecule has 0 saturated carbocycles. The molecule has 4 nitrogen and oxygen atoms in total. The molecule has 0 aromatic heterocycles. The average Bonchev–Trinajstić information content (AvgIpc) is 2.65. The highest BCUT2D eigenvalue weighted by molar-refractivity contribution is 7.99. The first kappa shape index (κ1) is 25.3. The fourth-order valence-corrected chi connectivity index (χ4v) is 4.77. The number of benzene rings is 1. The van der Waals surface area contributed by atoms with Gasteiger partial charge in [0.1, 0.15) is 0 Å². The molecule has 3 N–H and O–H groups in total. The number of unbranched alkanes of at least 4 members (excludes halogenated alkanes) is 13. The van der Waals surface area contributed by atoms with E-state index in [1.54, 1.807) is 17.8 Å². The van der Waals surface area contributed by atoms with Crippen LogP contribution in [0, 0.1) is 0 Å². The van der Waals surface area contributed by atoms with Crippen molar-refractivity contribution in [3.05, 3.63) is 18.2 Å². The molecule has 0 atom stereocenters. The van der Waals surface area contributed by atoms with E-state index in [0.29, 0.717) is 5.69 Å². The van der Waals surface area contributed by atoms with Crippen molar-refractivity contribution in [3.63, 3.8) is 0 Å². The van der Waals surface area contributed by atoms with E-state index < -0.39 is 10.1 Å². The van der Waals surface area contributed by atoms with Gasteiger partial charge in [-0.3, -0.25) is 4.55 Å². The Hall–Kier alpha value is -0.720. The number of thioether (sulfide) groups is 1. The van der Waals surface area contributed by atoms with Gasteiger partial charge in [-0.2, -0.15) is 8.42 Å². The first-order chi connectivity index (χ1) is 13.4. The summed E-state index contributed by atoms with van der Waals surface area (Å²) in [5.41, 5.74) is 6.29. The summed E-state index contributed by atoms with van der Waals surface area (Å²) in [7, 11) is -4.18. The number of anilines is 1. The summed E-state index contributed by atoms with van der Waals surface area (Å²) in [6, 6.07) is 4.40. The highest BCUT2D eigenvalue weighted by Gasteiger charge is 2.11. The number of nitrogen functional groups attached to an aromatic ring is 1. The van der Waals surface area contributed by atoms with Crippen LogP contribution in [0.15, 0.2) is 28.0 Å². The molecular weight excluding hydrogens is 390 g/mol. The maximum atomic E-state index is 11.1. The van der Waals surface area contributed by atoms with E-state index in [4.69, 9.17) is 10.3 Å². The summed E-state index contributed by atoms with van der Waals surface area (Å²) in [5.74, 6) is 0.980. The standard InChI is InChI=1S/C22H39NO3S2/c1-2-3-4-5-6-7-8-9-10-11-12-13-14-15-18-27-22-17-16-20(19-21(22)23)28(24,25)26/h16-17,19H,2-15,18,23H2,1H3,(H,24,25,26). The predicted molar refractivity (Wildman–Crippen MR) is 122 cm³/mol. The quantitative estimate of drug-likeness (QED) is 0.120. The van der Waals surface area contributed by atoms with Gasteiger partial charge in [-0.25, -0.2) is 0 Å². The van der Waals surface area contributed by atoms with Crippen LogP contribution in [0.1, 0.15) is 96.8 Å². The van der Waals surface area contributed by atoms with E-state index in [2.05, 4.69) is 6.92 Å². The van der Waals surface area contributed by atoms with Gasteiger partial charge in [0.15, 0.2) is 0 Å². The van der Waals surface area contributed by atoms with Crippen molar-refractivity contribution in [3.8, 4) is 0 Å². The third kappa shape index (κ3) is 12.0. The van der Waals surface area contributed by atoms with Gasteiger partial charge in [0.25, 0.3) is 10.1 Å². The molecule has 0 saturated heterocycles. The Morgan fingerprint density at radius 3 is 1.71 bits per heavy atom. The minimum atomic E-state index is -4.18. The van der Waals surface area contributed by atoms with Crippen LogP contribution in [0.4, 0.5) is 5.69 Å². The molecule has 0 unspecified atom stereocenters. The van der Waals surface area contributed by atoms with Crippen LogP contribution in [0.25, 0.3) is 0 Å². The molecule has 0 aliphatic rings. The zero-order valence-corrected chi connectivity index (χ0v) is 19.1. The molecule has 0 aliphatic heterocycles. The lowest BCUT2D eigenvalue weighted by Gasteiger charge is -2.07. The highest BCUT2D eigenvalue weighted by atomic mass is 32.2. The molecule has 162 valence electrons. The van der Waals surface area contributed by atoms with Crippen LogP contribution in [0.2, 0.25) is 0 Å². The van der Waals surface area contributed by atoms with E-state index in [-0.39, 0.29) is 4.90 Å². The van der Waals surface area contributed by atoms with Crippen LogP contribution >= 0.6 is 11.8 Å². The molecule has 0 bridgehead atoms. The van der Waals surface area contributed by atoms with Gasteiger partial charge in [-0.05, 0) is 30.4 Å². The van der Waals surface area contributed by atoms with Crippen LogP contribution in [0.5, 0.6) is 0 Å². The van der Waals surface area contributed by atoms with Crippen molar-refractivity contribution in [1.82, 2.24) is 0 Å². The van der Waals surface area contributed by atoms with E-state index in [1.165, 1.54) is 95.6 Å². The lowest BCUT2D eigenvalue weighted by molar-refractivity contribution is 0.483. The van der Waals surface area contributed by atoms with E-state index >= 15 is 0 Å². The number of hydrogen-bond donors (Lipinski definition) is 2. The Morgan fingerprint density at radius 1 is 0.821 bits per heavy atom. The van der Waals surface area contributed by atoms with Crippen LogP contribution in [-0.4, -0.2) is 18.7 Å². The van der Waals surface area contributed by atoms with Crippen LogP contribution < -0.4 is 5.73 Å². The predicted octanol–water partition coefficient (Wildman–Crippen LogP) is 7.09. The van der Waals surface area contributed by atoms with Crippen LogP contribution in [-0.2, 0) is 10.1 Å². The highest BCUT2D eigenvalue weighted by Crippen LogP contribution is 2.28. The lowest BCUT2D eigenvalue weighted by atomic mass is 10.0. The monoisotopic (exact) mass is 429 g/mol. The van der Waals surface area contributed by atoms with Crippen molar-refractivity contribution in [2.75, 3.05) is 11.5 Å². The minimum absolute atomic E-state index is 0.147. The maximum absolute atomic E-state index is 11.1. The molecule has 6 heteroatoms. The number of rotatable bonds is 17. The number of nitrogens with two attached hydrogens (primary N) is 1. The summed E-state index contributed by atoms with van der Waals surface area (Å²) in [4.78, 5) is 0.730. The van der Waals surface area contributed by atoms with E-state index in [1.807, 2.05) is 0 Å². The normalized spacial score (nSPS) is 11.8. The second kappa shape index (κ2) is 15.2. The zero-order chi connectivity index (χ0) is 20.7. The second-order valence-corrected chi connectivity index (χ2v) is 10.2. The van der Waals surface area contributed by atoms with Crippen molar-refractivity contribution in [2.45, 2.75) is 107 Å². The molecule has 0 aliphatic carbocycles. The Labute approximate surface area is 176 Å². The van der Waals surface area contributed by atoms with Gasteiger partial charge in [0, 0.05) is 10.6 Å². The van der Waals surface area contributed by atoms with Gasteiger partial charge in [0.2, 0.25) is 0 Å². The third-order valence-corrected chi connectivity index (χ3v) is 7.06. The summed E-state index contributed by atoms with van der Waals surface area (Å²) >= 11 is 1.65. The Morgan fingerprint density at radius 2 is 1.29 bits per heavy atom. The average molecular weight is 430 g/mol. The SMILES string of the molecule is CCCCCCCCCCCCCCCCSc1ccc(S(=O)(=O)O)cc1N. The molecule has 1 rings (SSSR count). The number of hydrogen-bond acceptors (Lipinski definition) is 4. The summed E-state index contributed by atoms with van der Waals surface area (Å²) in [6.45, 7) is 2.27. The van der Waals surface area contributed by atoms with Gasteiger partial charge in [0.05, 0.1) is 4.90 Å². The zero-order valence-electron chi connectivity index (χ0n) is 17.5. The molecular formula is C22H39NO3S2. The van der Waals surface area contributed by atoms with Crippen LogP contribution in [0.3, 0.4) is 0 Å². The van der Waals surface area contributed by atoms with Crippen molar-refractivity contribution < 1.29 is 13.0 Å². The molecule has 28 heavy (non-hydrogen) atoms. The lowest BCUT2D eigenvalue weighted by Crippen LogP contribution is -2.00. The van der Waals surface area contributed by atoms with E-state index in [0.717, 1.165) is 17.1 Å². The molecule has 0 spiro atoms. The second-order valence-electron chi connectivity index (χ2n) is 7.62. The molecule has 0 radical (unpaired) electrons. The summed E-state index contributed by atoms with van der Waals surface area (Å²) in [6.07, 6.45) is 18.9. The van der Waals surface area contributed by atoms with Gasteiger partial charge in [-0.15, -0.1) is 11.8 Å². The van der Waals surface area contributed by atoms with Gasteiger partial charge >= 0.3 is 0 Å². The van der Waals surface area contributed by atoms with Crippen molar-refractivity contribution in [2.24, 2.45) is 0 Å². The fourth-order valence-electron chi connectivity index (χ4n) is 3.30. The summed E-state index contributed by atoms with van der Waals surface area (Å²) < 4.78 is 31.2. The fraction of sp³-hybridized carbons (Fsp3) is 0.727. The van der Waals surface area contributed by atoms with Gasteiger partial charge < -0.3 is 5.73 Å². The topological polar surface area (TPSA) is 80.4 Å². The Kier molecular flexibility index (Phi) is 13.7. The minimum Gasteiger partial charge on any atom is -0.398 e. The smallest absolute Gasteiger partial charge is 0.294 e. The first-order valence-corrected chi connectivity index (χ1v) is 13.4. The largest absolute Gasteiger partial charge is 0.398 e.